The number of benzene rings is 1. The summed E-state index contributed by atoms with van der Waals surface area (Å²) < 4.78 is 23.5. The van der Waals surface area contributed by atoms with E-state index in [0.29, 0.717) is 10.2 Å². The van der Waals surface area contributed by atoms with Gasteiger partial charge in [0.2, 0.25) is 0 Å². The summed E-state index contributed by atoms with van der Waals surface area (Å²) in [5.74, 6) is -0.774. The Morgan fingerprint density at radius 2 is 2.10 bits per heavy atom. The highest BCUT2D eigenvalue weighted by Crippen LogP contribution is 2.25. The lowest BCUT2D eigenvalue weighted by Gasteiger charge is -2.10. The molecule has 1 amide bonds. The maximum Gasteiger partial charge on any atom is 0.307 e. The number of hydrogen-bond donors (Lipinski definition) is 1. The average molecular weight is 362 g/mol. The molecule has 0 unspecified atom stereocenters. The zero-order chi connectivity index (χ0) is 15.8. The largest absolute Gasteiger partial charge is 0.483 e. The fourth-order valence-electron chi connectivity index (χ4n) is 1.41. The molecule has 0 radical (unpaired) electrons. The van der Waals surface area contributed by atoms with Crippen LogP contribution < -0.4 is 10.1 Å². The van der Waals surface area contributed by atoms with E-state index in [4.69, 9.17) is 9.47 Å². The SMILES string of the molecule is CC(C)OC(=O)CCNC(=O)COc1ccc(F)cc1Br. The van der Waals surface area contributed by atoms with E-state index in [2.05, 4.69) is 21.2 Å². The van der Waals surface area contributed by atoms with Crippen LogP contribution in [0.2, 0.25) is 0 Å². The Kier molecular flexibility index (Phi) is 7.14. The number of hydrogen-bond acceptors (Lipinski definition) is 4. The Balaban J connectivity index is 2.27. The third-order valence-corrected chi connectivity index (χ3v) is 2.89. The smallest absolute Gasteiger partial charge is 0.307 e. The molecule has 0 spiro atoms. The maximum atomic E-state index is 12.9. The highest BCUT2D eigenvalue weighted by Gasteiger charge is 2.08. The van der Waals surface area contributed by atoms with Gasteiger partial charge in [-0.25, -0.2) is 4.39 Å². The third kappa shape index (κ3) is 7.08. The summed E-state index contributed by atoms with van der Waals surface area (Å²) in [6, 6.07) is 3.90. The van der Waals surface area contributed by atoms with Crippen molar-refractivity contribution in [2.45, 2.75) is 26.4 Å². The highest BCUT2D eigenvalue weighted by molar-refractivity contribution is 9.10. The molecule has 0 aliphatic carbocycles. The van der Waals surface area contributed by atoms with Gasteiger partial charge < -0.3 is 14.8 Å². The summed E-state index contributed by atoms with van der Waals surface area (Å²) in [6.45, 7) is 3.47. The molecule has 116 valence electrons. The molecule has 0 atom stereocenters. The number of nitrogens with one attached hydrogen (secondary N) is 1. The molecule has 0 fully saturated rings. The minimum absolute atomic E-state index is 0.101. The zero-order valence-corrected chi connectivity index (χ0v) is 13.4. The topological polar surface area (TPSA) is 64.6 Å². The summed E-state index contributed by atoms with van der Waals surface area (Å²) in [5.41, 5.74) is 0. The molecular weight excluding hydrogens is 345 g/mol. The van der Waals surface area contributed by atoms with E-state index in [1.165, 1.54) is 18.2 Å². The number of carbonyl (C=O) groups is 2. The van der Waals surface area contributed by atoms with Crippen LogP contribution in [0.5, 0.6) is 5.75 Å². The van der Waals surface area contributed by atoms with Gasteiger partial charge in [0, 0.05) is 6.54 Å². The van der Waals surface area contributed by atoms with Crippen molar-refractivity contribution >= 4 is 27.8 Å². The van der Waals surface area contributed by atoms with E-state index in [0.717, 1.165) is 0 Å². The Hall–Kier alpha value is -1.63. The van der Waals surface area contributed by atoms with Crippen molar-refractivity contribution in [3.8, 4) is 5.75 Å². The molecule has 1 N–H and O–H groups in total. The second-order valence-corrected chi connectivity index (χ2v) is 5.36. The highest BCUT2D eigenvalue weighted by atomic mass is 79.9. The van der Waals surface area contributed by atoms with Gasteiger partial charge in [-0.1, -0.05) is 0 Å². The van der Waals surface area contributed by atoms with Crippen molar-refractivity contribution in [2.24, 2.45) is 0 Å². The lowest BCUT2D eigenvalue weighted by Crippen LogP contribution is -2.31. The van der Waals surface area contributed by atoms with E-state index in [1.54, 1.807) is 13.8 Å². The Labute approximate surface area is 130 Å². The van der Waals surface area contributed by atoms with Crippen molar-refractivity contribution in [3.63, 3.8) is 0 Å². The first-order valence-electron chi connectivity index (χ1n) is 6.42. The molecule has 7 heteroatoms. The third-order valence-electron chi connectivity index (χ3n) is 2.27. The van der Waals surface area contributed by atoms with Crippen LogP contribution in [0.1, 0.15) is 20.3 Å². The molecule has 0 aliphatic rings. The first kappa shape index (κ1) is 17.4. The first-order valence-corrected chi connectivity index (χ1v) is 7.22. The summed E-state index contributed by atoms with van der Waals surface area (Å²) >= 11 is 3.13. The quantitative estimate of drug-likeness (QED) is 0.757. The van der Waals surface area contributed by atoms with E-state index in [1.807, 2.05) is 0 Å². The molecular formula is C14H17BrFNO4. The van der Waals surface area contributed by atoms with E-state index in [9.17, 15) is 14.0 Å². The van der Waals surface area contributed by atoms with Crippen molar-refractivity contribution in [1.82, 2.24) is 5.32 Å². The van der Waals surface area contributed by atoms with E-state index in [-0.39, 0.29) is 37.6 Å². The Morgan fingerprint density at radius 3 is 2.71 bits per heavy atom. The second kappa shape index (κ2) is 8.61. The first-order chi connectivity index (χ1) is 9.88. The molecule has 0 heterocycles. The molecule has 0 saturated carbocycles. The number of amides is 1. The van der Waals surface area contributed by atoms with Gasteiger partial charge in [0.05, 0.1) is 17.0 Å². The Bertz CT molecular complexity index is 508. The van der Waals surface area contributed by atoms with E-state index < -0.39 is 5.82 Å². The molecule has 0 aromatic heterocycles. The normalized spacial score (nSPS) is 10.3. The van der Waals surface area contributed by atoms with Crippen LogP contribution in [0.15, 0.2) is 22.7 Å². The lowest BCUT2D eigenvalue weighted by molar-refractivity contribution is -0.147. The molecule has 5 nitrogen and oxygen atoms in total. The fourth-order valence-corrected chi connectivity index (χ4v) is 1.88. The maximum absolute atomic E-state index is 12.9. The van der Waals surface area contributed by atoms with Crippen molar-refractivity contribution in [1.29, 1.82) is 0 Å². The molecule has 1 aromatic rings. The van der Waals surface area contributed by atoms with Crippen LogP contribution in [0, 0.1) is 5.82 Å². The van der Waals surface area contributed by atoms with Gasteiger partial charge in [-0.05, 0) is 48.0 Å². The predicted octanol–water partition coefficient (Wildman–Crippen LogP) is 2.42. The van der Waals surface area contributed by atoms with Gasteiger partial charge in [-0.15, -0.1) is 0 Å². The van der Waals surface area contributed by atoms with Crippen LogP contribution >= 0.6 is 15.9 Å². The van der Waals surface area contributed by atoms with Crippen LogP contribution in [0.3, 0.4) is 0 Å². The second-order valence-electron chi connectivity index (χ2n) is 4.50. The van der Waals surface area contributed by atoms with Gasteiger partial charge in [0.25, 0.3) is 5.91 Å². The van der Waals surface area contributed by atoms with E-state index >= 15 is 0 Å². The monoisotopic (exact) mass is 361 g/mol. The summed E-state index contributed by atoms with van der Waals surface area (Å²) in [6.07, 6.45) is -0.0724. The van der Waals surface area contributed by atoms with Gasteiger partial charge >= 0.3 is 5.97 Å². The molecule has 1 rings (SSSR count). The average Bonchev–Trinajstić information content (AvgIpc) is 2.36. The minimum Gasteiger partial charge on any atom is -0.483 e. The molecule has 1 aromatic carbocycles. The minimum atomic E-state index is -0.401. The predicted molar refractivity (Wildman–Crippen MR) is 78.4 cm³/mol. The molecule has 0 saturated heterocycles. The van der Waals surface area contributed by atoms with Crippen LogP contribution in [0.4, 0.5) is 4.39 Å². The van der Waals surface area contributed by atoms with Gasteiger partial charge in [0.15, 0.2) is 6.61 Å². The number of rotatable bonds is 7. The lowest BCUT2D eigenvalue weighted by atomic mass is 10.3. The summed E-state index contributed by atoms with van der Waals surface area (Å²) in [5, 5.41) is 2.53. The fraction of sp³-hybridized carbons (Fsp3) is 0.429. The standard InChI is InChI=1S/C14H17BrFNO4/c1-9(2)21-14(19)5-6-17-13(18)8-20-12-4-3-10(16)7-11(12)15/h3-4,7,9H,5-6,8H2,1-2H3,(H,17,18). The van der Waals surface area contributed by atoms with Gasteiger partial charge in [-0.3, -0.25) is 9.59 Å². The van der Waals surface area contributed by atoms with Gasteiger partial charge in [0.1, 0.15) is 11.6 Å². The summed E-state index contributed by atoms with van der Waals surface area (Å²) in [4.78, 5) is 22.8. The van der Waals surface area contributed by atoms with Crippen LogP contribution in [-0.2, 0) is 14.3 Å². The zero-order valence-electron chi connectivity index (χ0n) is 11.8. The van der Waals surface area contributed by atoms with Crippen molar-refractivity contribution < 1.29 is 23.5 Å². The Morgan fingerprint density at radius 1 is 1.38 bits per heavy atom. The molecule has 0 bridgehead atoms. The van der Waals surface area contributed by atoms with Crippen molar-refractivity contribution in [2.75, 3.05) is 13.2 Å². The van der Waals surface area contributed by atoms with Crippen LogP contribution in [-0.4, -0.2) is 31.1 Å². The number of carbonyl (C=O) groups excluding carboxylic acids is 2. The van der Waals surface area contributed by atoms with Crippen LogP contribution in [0.25, 0.3) is 0 Å². The molecule has 21 heavy (non-hydrogen) atoms. The number of ether oxygens (including phenoxy) is 2. The number of esters is 1. The van der Waals surface area contributed by atoms with Gasteiger partial charge in [-0.2, -0.15) is 0 Å². The number of halogens is 2. The van der Waals surface area contributed by atoms with Crippen molar-refractivity contribution in [3.05, 3.63) is 28.5 Å². The molecule has 0 aliphatic heterocycles. The summed E-state index contributed by atoms with van der Waals surface area (Å²) in [7, 11) is 0.